The first-order chi connectivity index (χ1) is 21.5. The van der Waals surface area contributed by atoms with Gasteiger partial charge in [-0.2, -0.15) is 0 Å². The Morgan fingerprint density at radius 1 is 1.04 bits per heavy atom. The van der Waals surface area contributed by atoms with E-state index in [4.69, 9.17) is 33.2 Å². The fourth-order valence-corrected chi connectivity index (χ4v) is 7.00. The Hall–Kier alpha value is -3.19. The number of rotatable bonds is 9. The summed E-state index contributed by atoms with van der Waals surface area (Å²) in [5.74, 6) is -2.26. The normalized spacial score (nSPS) is 30.6. The first-order valence-corrected chi connectivity index (χ1v) is 16.1. The first-order valence-electron chi connectivity index (χ1n) is 16.1. The maximum Gasteiger partial charge on any atom is 0.514 e. The Morgan fingerprint density at radius 3 is 2.35 bits per heavy atom. The van der Waals surface area contributed by atoms with E-state index >= 15 is 0 Å². The van der Waals surface area contributed by atoms with Gasteiger partial charge in [0, 0.05) is 18.0 Å². The van der Waals surface area contributed by atoms with Crippen molar-refractivity contribution in [2.75, 3.05) is 20.2 Å². The molecule has 0 bridgehead atoms. The van der Waals surface area contributed by atoms with Crippen LogP contribution in [0.5, 0.6) is 11.5 Å². The SMILES string of the molecule is CCCCOC(=O)C1OC(C)(C)O[C@H]1C(=O)OC1=CC[C@@]2(O)[C@H](N(C)CC)Cc3ccc(OC(=O)OC(C)(C)C)c4c3[C@@]2(C)[C@H]1O4. The number of benzene rings is 1. The second kappa shape index (κ2) is 12.1. The van der Waals surface area contributed by atoms with Crippen LogP contribution < -0.4 is 9.47 Å². The molecule has 1 aromatic carbocycles. The van der Waals surface area contributed by atoms with E-state index < -0.39 is 58.8 Å². The largest absolute Gasteiger partial charge is 0.514 e. The van der Waals surface area contributed by atoms with Gasteiger partial charge in [0.05, 0.1) is 17.6 Å². The Morgan fingerprint density at radius 2 is 1.72 bits per heavy atom. The molecule has 1 fully saturated rings. The van der Waals surface area contributed by atoms with Crippen molar-refractivity contribution in [1.29, 1.82) is 0 Å². The highest BCUT2D eigenvalue weighted by molar-refractivity contribution is 5.87. The lowest BCUT2D eigenvalue weighted by Gasteiger charge is -2.56. The molecule has 1 saturated heterocycles. The van der Waals surface area contributed by atoms with Gasteiger partial charge in [-0.15, -0.1) is 0 Å². The summed E-state index contributed by atoms with van der Waals surface area (Å²) in [6.07, 6.45) is -0.779. The summed E-state index contributed by atoms with van der Waals surface area (Å²) < 4.78 is 40.5. The fourth-order valence-electron chi connectivity index (χ4n) is 7.00. The topological polar surface area (TPSA) is 139 Å². The fraction of sp³-hybridized carbons (Fsp3) is 0.676. The van der Waals surface area contributed by atoms with E-state index in [1.54, 1.807) is 46.8 Å². The summed E-state index contributed by atoms with van der Waals surface area (Å²) in [7, 11) is 1.96. The minimum Gasteiger partial charge on any atom is -0.477 e. The zero-order valence-electron chi connectivity index (χ0n) is 28.3. The molecule has 0 radical (unpaired) electrons. The lowest BCUT2D eigenvalue weighted by atomic mass is 9.54. The standard InChI is InChI=1S/C34H47NO11/c1-10-12-17-40-28(36)25-26(45-32(6,7)44-25)29(37)41-21-15-16-34(39)22(35(9)11-2)18-19-13-14-20(42-30(38)46-31(3,4)5)24-23(19)33(34,8)27(21)43-24/h13-15,22,25-27,39H,10-12,16-18H2,1-9H3/t22-,25?,26-,27+,33+,34-/m1/s1. The third-order valence-electron chi connectivity index (χ3n) is 9.36. The maximum absolute atomic E-state index is 13.7. The molecular formula is C34H47NO11. The molecule has 2 heterocycles. The van der Waals surface area contributed by atoms with Gasteiger partial charge in [-0.05, 0) is 85.7 Å². The van der Waals surface area contributed by atoms with Crippen molar-refractivity contribution < 1.29 is 52.6 Å². The maximum atomic E-state index is 13.7. The Bertz CT molecular complexity index is 1410. The number of aliphatic hydroxyl groups is 1. The molecule has 0 amide bonds. The molecule has 0 aromatic heterocycles. The van der Waals surface area contributed by atoms with Gasteiger partial charge in [-0.25, -0.2) is 14.4 Å². The van der Waals surface area contributed by atoms with Gasteiger partial charge in [-0.1, -0.05) is 26.3 Å². The summed E-state index contributed by atoms with van der Waals surface area (Å²) >= 11 is 0. The number of unbranched alkanes of at least 4 members (excludes halogenated alkanes) is 1. The summed E-state index contributed by atoms with van der Waals surface area (Å²) in [5, 5.41) is 12.6. The van der Waals surface area contributed by atoms with Crippen LogP contribution in [0.4, 0.5) is 4.79 Å². The molecule has 5 rings (SSSR count). The molecule has 2 aliphatic carbocycles. The molecule has 1 N–H and O–H groups in total. The highest BCUT2D eigenvalue weighted by Gasteiger charge is 2.68. The summed E-state index contributed by atoms with van der Waals surface area (Å²) in [6, 6.07) is 3.23. The molecule has 0 spiro atoms. The van der Waals surface area contributed by atoms with Crippen LogP contribution in [-0.4, -0.2) is 89.6 Å². The number of esters is 2. The number of carbonyl (C=O) groups excluding carboxylic acids is 3. The first kappa shape index (κ1) is 34.2. The zero-order valence-corrected chi connectivity index (χ0v) is 28.3. The number of hydrogen-bond acceptors (Lipinski definition) is 12. The van der Waals surface area contributed by atoms with Crippen LogP contribution in [0.3, 0.4) is 0 Å². The Balaban J connectivity index is 1.50. The molecule has 46 heavy (non-hydrogen) atoms. The van der Waals surface area contributed by atoms with Crippen molar-refractivity contribution in [3.8, 4) is 11.5 Å². The minimum absolute atomic E-state index is 0.128. The van der Waals surface area contributed by atoms with E-state index in [0.29, 0.717) is 24.9 Å². The number of carbonyl (C=O) groups is 3. The van der Waals surface area contributed by atoms with Gasteiger partial charge in [0.2, 0.25) is 0 Å². The third-order valence-corrected chi connectivity index (χ3v) is 9.36. The number of nitrogens with zero attached hydrogens (tertiary/aromatic N) is 1. The molecule has 1 aromatic rings. The molecule has 6 atom stereocenters. The predicted molar refractivity (Wildman–Crippen MR) is 164 cm³/mol. The van der Waals surface area contributed by atoms with Crippen LogP contribution in [0.1, 0.15) is 85.8 Å². The summed E-state index contributed by atoms with van der Waals surface area (Å²) in [6.45, 7) is 15.2. The van der Waals surface area contributed by atoms with Crippen molar-refractivity contribution >= 4 is 18.1 Å². The smallest absolute Gasteiger partial charge is 0.477 e. The van der Waals surface area contributed by atoms with Crippen LogP contribution in [0.15, 0.2) is 24.0 Å². The van der Waals surface area contributed by atoms with Crippen molar-refractivity contribution in [1.82, 2.24) is 4.90 Å². The van der Waals surface area contributed by atoms with E-state index in [0.717, 1.165) is 12.0 Å². The quantitative estimate of drug-likeness (QED) is 0.177. The van der Waals surface area contributed by atoms with E-state index in [1.165, 1.54) is 0 Å². The monoisotopic (exact) mass is 645 g/mol. The van der Waals surface area contributed by atoms with Crippen LogP contribution in [0, 0.1) is 0 Å². The molecule has 12 heteroatoms. The second-order valence-electron chi connectivity index (χ2n) is 14.1. The lowest BCUT2D eigenvalue weighted by molar-refractivity contribution is -0.173. The molecule has 1 unspecified atom stereocenters. The Labute approximate surface area is 270 Å². The van der Waals surface area contributed by atoms with E-state index in [9.17, 15) is 19.5 Å². The molecule has 2 aliphatic heterocycles. The van der Waals surface area contributed by atoms with Crippen molar-refractivity contribution in [3.63, 3.8) is 0 Å². The number of likely N-dealkylation sites (N-methyl/N-ethyl adjacent to an activating group) is 1. The summed E-state index contributed by atoms with van der Waals surface area (Å²) in [5.41, 5.74) is -1.64. The highest BCUT2D eigenvalue weighted by atomic mass is 16.8. The molecule has 4 aliphatic rings. The second-order valence-corrected chi connectivity index (χ2v) is 14.1. The molecule has 12 nitrogen and oxygen atoms in total. The number of ether oxygens (including phenoxy) is 7. The molecule has 254 valence electrons. The zero-order chi connectivity index (χ0) is 33.8. The van der Waals surface area contributed by atoms with Crippen molar-refractivity contribution in [2.45, 2.75) is 128 Å². The van der Waals surface area contributed by atoms with Gasteiger partial charge in [0.1, 0.15) is 11.4 Å². The lowest BCUT2D eigenvalue weighted by Crippen LogP contribution is -2.69. The van der Waals surface area contributed by atoms with Gasteiger partial charge in [-0.3, -0.25) is 0 Å². The average Bonchev–Trinajstić information content (AvgIpc) is 3.48. The molecular weight excluding hydrogens is 598 g/mol. The average molecular weight is 646 g/mol. The van der Waals surface area contributed by atoms with Crippen LogP contribution in [-0.2, 0) is 45.1 Å². The van der Waals surface area contributed by atoms with Crippen LogP contribution >= 0.6 is 0 Å². The van der Waals surface area contributed by atoms with Crippen molar-refractivity contribution in [2.24, 2.45) is 0 Å². The molecule has 0 saturated carbocycles. The van der Waals surface area contributed by atoms with Crippen molar-refractivity contribution in [3.05, 3.63) is 35.1 Å². The van der Waals surface area contributed by atoms with Gasteiger partial charge in [0.15, 0.2) is 35.6 Å². The minimum atomic E-state index is -1.39. The highest BCUT2D eigenvalue weighted by Crippen LogP contribution is 2.62. The van der Waals surface area contributed by atoms with E-state index in [2.05, 4.69) is 4.90 Å². The van der Waals surface area contributed by atoms with Gasteiger partial charge < -0.3 is 43.2 Å². The van der Waals surface area contributed by atoms with E-state index in [-0.39, 0.29) is 36.3 Å². The predicted octanol–water partition coefficient (Wildman–Crippen LogP) is 4.32. The van der Waals surface area contributed by atoms with Gasteiger partial charge in [0.25, 0.3) is 0 Å². The van der Waals surface area contributed by atoms with Crippen LogP contribution in [0.2, 0.25) is 0 Å². The Kier molecular flexibility index (Phi) is 9.00. The van der Waals surface area contributed by atoms with Gasteiger partial charge >= 0.3 is 18.1 Å². The third kappa shape index (κ3) is 5.89. The van der Waals surface area contributed by atoms with Crippen LogP contribution in [0.25, 0.3) is 0 Å². The number of hydrogen-bond donors (Lipinski definition) is 1. The van der Waals surface area contributed by atoms with E-state index in [1.807, 2.05) is 33.9 Å². The summed E-state index contributed by atoms with van der Waals surface area (Å²) in [4.78, 5) is 41.4.